The van der Waals surface area contributed by atoms with Gasteiger partial charge in [0.15, 0.2) is 111 Å². The Kier molecular flexibility index (Phi) is 16.2. The minimum absolute atomic E-state index is 0.248. The topological polar surface area (TPSA) is 677 Å². The van der Waals surface area contributed by atoms with E-state index in [1.807, 2.05) is 0 Å². The van der Waals surface area contributed by atoms with E-state index >= 15 is 0 Å². The average molecular weight is 1420 g/mol. The molecule has 7 aromatic rings. The summed E-state index contributed by atoms with van der Waals surface area (Å²) >= 11 is 0. The van der Waals surface area contributed by atoms with Crippen molar-refractivity contribution in [2.45, 2.75) is 61.4 Å². The number of aliphatic hydroxyl groups excluding tert-OH is 3. The lowest BCUT2D eigenvalue weighted by atomic mass is 9.91. The molecule has 40 nitrogen and oxygen atoms in total. The minimum Gasteiger partial charge on any atom is -0.504 e. The number of phenolic OH excluding ortho intramolecular Hbond substituents is 20. The van der Waals surface area contributed by atoms with Crippen LogP contribution in [0.4, 0.5) is 0 Å². The fourth-order valence-corrected chi connectivity index (χ4v) is 11.5. The first-order valence-electron chi connectivity index (χ1n) is 28.2. The molecule has 0 aliphatic carbocycles. The van der Waals surface area contributed by atoms with Crippen LogP contribution in [-0.2, 0) is 42.6 Å². The van der Waals surface area contributed by atoms with E-state index in [2.05, 4.69) is 0 Å². The number of cyclic esters (lactones) is 2. The molecule has 0 bridgehead atoms. The van der Waals surface area contributed by atoms with Crippen LogP contribution in [-0.4, -0.2) is 234 Å². The first kappa shape index (κ1) is 67.4. The monoisotopic (exact) mass is 1420 g/mol. The fourth-order valence-electron chi connectivity index (χ4n) is 11.5. The number of hydrogen-bond acceptors (Lipinski definition) is 40. The molecule has 101 heavy (non-hydrogen) atoms. The number of carbonyl (C=O) groups excluding carboxylic acids is 7. The van der Waals surface area contributed by atoms with Crippen LogP contribution < -0.4 is 4.74 Å². The second kappa shape index (κ2) is 24.2. The minimum atomic E-state index is -2.64. The lowest BCUT2D eigenvalue weighted by molar-refractivity contribution is -0.284. The molecular weight excluding hydrogens is 1370 g/mol. The Hall–Kier alpha value is -13.6. The molecule has 10 atom stereocenters. The highest BCUT2D eigenvalue weighted by atomic mass is 16.7. The molecular formula is C61H44O40. The van der Waals surface area contributed by atoms with E-state index in [1.165, 1.54) is 0 Å². The largest absolute Gasteiger partial charge is 0.504 e. The van der Waals surface area contributed by atoms with E-state index in [0.29, 0.717) is 36.4 Å². The molecule has 23 N–H and O–H groups in total. The molecule has 40 heteroatoms. The number of ether oxygens (including phenoxy) is 10. The highest BCUT2D eigenvalue weighted by Crippen LogP contribution is 2.59. The molecule has 5 heterocycles. The Morgan fingerprint density at radius 1 is 0.337 bits per heavy atom. The summed E-state index contributed by atoms with van der Waals surface area (Å²) in [5.41, 5.74) is -15.1. The highest BCUT2D eigenvalue weighted by Gasteiger charge is 2.55. The summed E-state index contributed by atoms with van der Waals surface area (Å²) < 4.78 is 54.8. The lowest BCUT2D eigenvalue weighted by Crippen LogP contribution is -2.62. The highest BCUT2D eigenvalue weighted by molar-refractivity contribution is 6.12. The SMILES string of the molecule is O=C(O[C@@H]1O[C@@H]2COC(=O)c3cc(O)c(O)c(O)c3-c3c(cc(O)c(O)c3O)C(=O)O[C@H]2[C@H](O)[C@H]1O)c1cc(O)c(O)c(O)c1Oc1cc2c(c(O)c1O)-c1c(cc(O)c(O)c1O)C(=O)O[C@H]1[C@@H]3OC(=O)c4cc(O)c(O)c(O)c4-c4c(cc(O)c(O)c4O)C(=O)O[C@H]3C(O)O[C@@H]1COC2=O. The van der Waals surface area contributed by atoms with Crippen molar-refractivity contribution in [3.8, 4) is 160 Å². The van der Waals surface area contributed by atoms with Crippen LogP contribution in [0.25, 0.3) is 33.4 Å². The number of rotatable bonds is 4. The van der Waals surface area contributed by atoms with Crippen LogP contribution in [0.15, 0.2) is 42.5 Å². The molecule has 0 saturated carbocycles. The Balaban J connectivity index is 0.896. The van der Waals surface area contributed by atoms with Crippen molar-refractivity contribution >= 4 is 41.8 Å². The van der Waals surface area contributed by atoms with Crippen molar-refractivity contribution in [1.29, 1.82) is 0 Å². The third kappa shape index (κ3) is 10.7. The molecule has 5 aliphatic rings. The van der Waals surface area contributed by atoms with E-state index in [1.54, 1.807) is 0 Å². The van der Waals surface area contributed by atoms with Gasteiger partial charge in [-0.25, -0.2) is 33.6 Å². The second-order valence-corrected chi connectivity index (χ2v) is 22.3. The number of phenols is 20. The lowest BCUT2D eigenvalue weighted by Gasteiger charge is -2.43. The summed E-state index contributed by atoms with van der Waals surface area (Å²) in [7, 11) is 0. The molecule has 0 aromatic heterocycles. The zero-order chi connectivity index (χ0) is 73.5. The van der Waals surface area contributed by atoms with Crippen molar-refractivity contribution in [2.24, 2.45) is 0 Å². The summed E-state index contributed by atoms with van der Waals surface area (Å²) in [6.45, 7) is -2.65. The van der Waals surface area contributed by atoms with Gasteiger partial charge in [0, 0.05) is 45.5 Å². The van der Waals surface area contributed by atoms with Crippen LogP contribution in [0.5, 0.6) is 126 Å². The van der Waals surface area contributed by atoms with Gasteiger partial charge < -0.3 is 165 Å². The molecule has 5 aliphatic heterocycles. The van der Waals surface area contributed by atoms with Gasteiger partial charge in [-0.15, -0.1) is 0 Å². The summed E-state index contributed by atoms with van der Waals surface area (Å²) in [5, 5.41) is 252. The fraction of sp³-hybridized carbons (Fsp3) is 0.197. The van der Waals surface area contributed by atoms with Crippen molar-refractivity contribution in [1.82, 2.24) is 0 Å². The number of carbonyl (C=O) groups is 7. The summed E-state index contributed by atoms with van der Waals surface area (Å²) in [5.74, 6) is -44.9. The van der Waals surface area contributed by atoms with E-state index in [9.17, 15) is 151 Å². The number of aliphatic hydroxyl groups is 3. The average Bonchev–Trinajstić information content (AvgIpc) is 1.59. The van der Waals surface area contributed by atoms with Crippen LogP contribution in [0.2, 0.25) is 0 Å². The molecule has 2 saturated heterocycles. The van der Waals surface area contributed by atoms with Crippen LogP contribution in [0.1, 0.15) is 72.5 Å². The first-order chi connectivity index (χ1) is 47.5. The van der Waals surface area contributed by atoms with Crippen molar-refractivity contribution in [2.75, 3.05) is 13.2 Å². The number of fused-ring (bicyclic) bond motifs is 13. The van der Waals surface area contributed by atoms with Gasteiger partial charge in [0.05, 0.1) is 33.4 Å². The molecule has 0 spiro atoms. The van der Waals surface area contributed by atoms with Crippen LogP contribution in [0, 0.1) is 0 Å². The van der Waals surface area contributed by atoms with Crippen LogP contribution in [0.3, 0.4) is 0 Å². The van der Waals surface area contributed by atoms with Gasteiger partial charge in [-0.2, -0.15) is 0 Å². The zero-order valence-corrected chi connectivity index (χ0v) is 49.5. The van der Waals surface area contributed by atoms with Gasteiger partial charge in [-0.05, 0) is 30.3 Å². The summed E-state index contributed by atoms with van der Waals surface area (Å²) in [6.07, 6.45) is -24.6. The molecule has 12 rings (SSSR count). The van der Waals surface area contributed by atoms with Gasteiger partial charge in [0.1, 0.15) is 43.2 Å². The molecule has 0 radical (unpaired) electrons. The molecule has 7 aromatic carbocycles. The molecule has 1 unspecified atom stereocenters. The van der Waals surface area contributed by atoms with Crippen LogP contribution >= 0.6 is 0 Å². The zero-order valence-electron chi connectivity index (χ0n) is 49.5. The number of benzene rings is 7. The predicted molar refractivity (Wildman–Crippen MR) is 310 cm³/mol. The number of aromatic hydroxyl groups is 20. The third-order valence-corrected chi connectivity index (χ3v) is 16.4. The predicted octanol–water partition coefficient (Wildman–Crippen LogP) is 0.769. The standard InChI is InChI=1S/C61H44O40/c62-17-1-10-26(39(75)32(17)68)27-11(2-18(63)33(69)40(27)76)55(86)97-49-24(8-92-53(10)84)96-61(47(83)46(49)82)101-59(90)16-6-22(67)37(73)45(81)48(16)94-23-7-15-31(44(80)38(23)74)30-12(3-19(64)36(72)43(30)79)56(87)98-50-25(9-93-54(15)85)95-60(91)52-51(50)99-57(88)13-4-20(65)34(70)41(77)28(13)29-14(58(89)100-52)5-21(66)35(71)42(29)78/h1-7,24-25,46-47,49-52,60-83,91H,8-9H2/t24-,25-,46-,47-,49-,50-,51+,52-,60?,61+/m1/s1. The normalized spacial score (nSPS) is 22.5. The van der Waals surface area contributed by atoms with E-state index in [4.69, 9.17) is 47.4 Å². The second-order valence-electron chi connectivity index (χ2n) is 22.3. The third-order valence-electron chi connectivity index (χ3n) is 16.4. The Bertz CT molecular complexity index is 4840. The van der Waals surface area contributed by atoms with Crippen molar-refractivity contribution in [3.63, 3.8) is 0 Å². The number of esters is 7. The maximum atomic E-state index is 14.8. The Labute approximate surface area is 554 Å². The van der Waals surface area contributed by atoms with Crippen molar-refractivity contribution < 1.29 is 198 Å². The number of hydrogen-bond donors (Lipinski definition) is 23. The van der Waals surface area contributed by atoms with E-state index in [0.717, 1.165) is 0 Å². The molecule has 528 valence electrons. The maximum absolute atomic E-state index is 14.8. The van der Waals surface area contributed by atoms with Crippen molar-refractivity contribution in [3.05, 3.63) is 81.4 Å². The molecule has 2 fully saturated rings. The smallest absolute Gasteiger partial charge is 0.344 e. The Morgan fingerprint density at radius 3 is 1.06 bits per heavy atom. The summed E-state index contributed by atoms with van der Waals surface area (Å²) in [6, 6.07) is 2.49. The maximum Gasteiger partial charge on any atom is 0.344 e. The quantitative estimate of drug-likeness (QED) is 0.0657. The van der Waals surface area contributed by atoms with E-state index in [-0.39, 0.29) is 6.07 Å². The van der Waals surface area contributed by atoms with Gasteiger partial charge in [-0.1, -0.05) is 0 Å². The van der Waals surface area contributed by atoms with Gasteiger partial charge in [0.2, 0.25) is 52.3 Å². The first-order valence-corrected chi connectivity index (χ1v) is 28.2. The van der Waals surface area contributed by atoms with Gasteiger partial charge >= 0.3 is 41.8 Å². The van der Waals surface area contributed by atoms with Gasteiger partial charge in [0.25, 0.3) is 0 Å². The molecule has 0 amide bonds. The summed E-state index contributed by atoms with van der Waals surface area (Å²) in [4.78, 5) is 100. The Morgan fingerprint density at radius 2 is 0.653 bits per heavy atom. The van der Waals surface area contributed by atoms with Gasteiger partial charge in [-0.3, -0.25) is 0 Å². The van der Waals surface area contributed by atoms with E-state index < -0.39 is 315 Å².